The summed E-state index contributed by atoms with van der Waals surface area (Å²) >= 11 is 3.74. The molecular weight excluding hydrogens is 1560 g/mol. The van der Waals surface area contributed by atoms with Gasteiger partial charge >= 0.3 is 6.03 Å². The van der Waals surface area contributed by atoms with Crippen molar-refractivity contribution in [1.82, 2.24) is 58.1 Å². The summed E-state index contributed by atoms with van der Waals surface area (Å²) < 4.78 is 0. The lowest BCUT2D eigenvalue weighted by Gasteiger charge is -2.27. The van der Waals surface area contributed by atoms with E-state index in [0.717, 1.165) is 176 Å². The molecule has 9 fully saturated rings. The van der Waals surface area contributed by atoms with Crippen LogP contribution in [0.5, 0.6) is 0 Å². The number of thioether (sulfide) groups is 2. The summed E-state index contributed by atoms with van der Waals surface area (Å²) in [6.45, 7) is 120. The van der Waals surface area contributed by atoms with Gasteiger partial charge in [0.15, 0.2) is 0 Å². The maximum Gasteiger partial charge on any atom is 0.326 e. The van der Waals surface area contributed by atoms with Gasteiger partial charge in [0.25, 0.3) is 0 Å². The van der Waals surface area contributed by atoms with Gasteiger partial charge in [0.2, 0.25) is 35.4 Å². The van der Waals surface area contributed by atoms with E-state index >= 15 is 0 Å². The molecule has 0 aromatic heterocycles. The zero-order chi connectivity index (χ0) is 98.3. The van der Waals surface area contributed by atoms with Crippen LogP contribution in [0.25, 0.3) is 0 Å². The molecule has 10 rings (SSSR count). The second-order valence-electron chi connectivity index (χ2n) is 31.8. The van der Waals surface area contributed by atoms with Crippen molar-refractivity contribution in [2.75, 3.05) is 32.7 Å². The van der Waals surface area contributed by atoms with Gasteiger partial charge in [0.05, 0.1) is 10.1 Å². The van der Waals surface area contributed by atoms with Gasteiger partial charge in [-0.15, -0.1) is 23.5 Å². The molecule has 8 atom stereocenters. The van der Waals surface area contributed by atoms with E-state index in [1.54, 1.807) is 17.2 Å². The van der Waals surface area contributed by atoms with Crippen LogP contribution in [-0.4, -0.2) is 95.6 Å². The molecule has 20 heteroatoms. The van der Waals surface area contributed by atoms with Crippen LogP contribution in [0.4, 0.5) is 4.79 Å². The van der Waals surface area contributed by atoms with Crippen LogP contribution >= 0.6 is 23.5 Å². The predicted octanol–water partition coefficient (Wildman–Crippen LogP) is 26.6. The van der Waals surface area contributed by atoms with E-state index in [0.29, 0.717) is 35.3 Å². The van der Waals surface area contributed by atoms with Crippen LogP contribution in [0.3, 0.4) is 0 Å². The molecule has 122 heavy (non-hydrogen) atoms. The standard InChI is InChI=1S/3C9H15NO.C9H17N.C8H12N2O.C8H13NO.C8H15NO.2C7H13NS.C4H7NO.C4H10.10C2H6/c3*1-6(2)8-5-4-7(3)10-9(8)11;1-7(2)9-5-4-8(3)10-6-9;1-6(2)10-5-4-7(3)9-8(10)11;1-5(2)7-4-6(3)9-8(7)10;1-6(2)7-4-3-5-9-8(7)10;2*1-5(2)7-4-8-6(3)9-7;6-4-2-1-3-5-4;1-4(2)3;10*1-2/h3*6,8H,3-5H2,1-2H3,(H,10,11);7,9-10H,3-6H2,1-2H3;4-6H,3H2,1-2H3,(H,9,11);5,7H,3-4H2,1-2H3,(H,9,10);6-7H,3-5H2,1-2H3,(H,9,10);2*5,7-8H,3-4H2,1-2H3;1-3H2,(H,5,6);4H,1-3H3;10*1-2H3. The number of nitrogens with zero attached hydrogens (tertiary/aromatic N) is 1. The van der Waals surface area contributed by atoms with Gasteiger partial charge in [-0.1, -0.05) is 323 Å². The van der Waals surface area contributed by atoms with Gasteiger partial charge in [-0.25, -0.2) is 4.79 Å². The molecule has 9 saturated heterocycles. The Morgan fingerprint density at radius 1 is 0.320 bits per heavy atom. The van der Waals surface area contributed by atoms with Crippen molar-refractivity contribution in [1.29, 1.82) is 0 Å². The average molecular weight is 1760 g/mol. The third kappa shape index (κ3) is 74.1. The van der Waals surface area contributed by atoms with Crippen molar-refractivity contribution in [2.24, 2.45) is 88.8 Å². The van der Waals surface area contributed by atoms with E-state index in [2.05, 4.69) is 237 Å². The maximum atomic E-state index is 11.3. The molecule has 0 bridgehead atoms. The number of hydrogen-bond donors (Lipinski definition) is 10. The van der Waals surface area contributed by atoms with E-state index in [1.807, 2.05) is 176 Å². The van der Waals surface area contributed by atoms with Crippen LogP contribution in [0.1, 0.15) is 367 Å². The van der Waals surface area contributed by atoms with Crippen molar-refractivity contribution in [2.45, 2.75) is 384 Å². The second-order valence-corrected chi connectivity index (χ2v) is 34.4. The Balaban J connectivity index is -0.000000121. The highest BCUT2D eigenvalue weighted by Gasteiger charge is 2.31. The zero-order valence-electron chi connectivity index (χ0n) is 87.6. The molecule has 10 aliphatic rings. The Morgan fingerprint density at radius 3 is 0.820 bits per heavy atom. The molecule has 0 aromatic rings. The van der Waals surface area contributed by atoms with E-state index in [9.17, 15) is 33.6 Å². The van der Waals surface area contributed by atoms with Gasteiger partial charge in [-0.05, 0) is 156 Å². The summed E-state index contributed by atoms with van der Waals surface area (Å²) in [4.78, 5) is 78.9. The molecule has 0 radical (unpaired) electrons. The first-order valence-electron chi connectivity index (χ1n) is 48.0. The first kappa shape index (κ1) is 139. The molecular formula is C102H205N11O7S2. The van der Waals surface area contributed by atoms with E-state index < -0.39 is 0 Å². The molecule has 10 aliphatic heterocycles. The molecule has 10 N–H and O–H groups in total. The summed E-state index contributed by atoms with van der Waals surface area (Å²) in [6, 6.07) is 0.0897. The zero-order valence-corrected chi connectivity index (χ0v) is 89.2. The fourth-order valence-corrected chi connectivity index (χ4v) is 13.4. The number of nitrogens with one attached hydrogen (secondary N) is 10. The fraction of sp³-hybridized carbons (Fsp3) is 0.755. The molecule has 0 spiro atoms. The summed E-state index contributed by atoms with van der Waals surface area (Å²) in [6.07, 6.45) is 16.5. The van der Waals surface area contributed by atoms with E-state index in [4.69, 9.17) is 0 Å². The fourth-order valence-electron chi connectivity index (χ4n) is 11.5. The lowest BCUT2D eigenvalue weighted by molar-refractivity contribution is -0.128. The first-order chi connectivity index (χ1) is 57.5. The van der Waals surface area contributed by atoms with Crippen LogP contribution in [0.2, 0.25) is 0 Å². The summed E-state index contributed by atoms with van der Waals surface area (Å²) in [5, 5.41) is 32.7. The van der Waals surface area contributed by atoms with Gasteiger partial charge in [-0.2, -0.15) is 0 Å². The highest BCUT2D eigenvalue weighted by Crippen LogP contribution is 2.31. The van der Waals surface area contributed by atoms with Gasteiger partial charge in [0, 0.05) is 126 Å². The Bertz CT molecular complexity index is 2600. The normalized spacial score (nSPS) is 20.8. The number of rotatable bonds is 9. The van der Waals surface area contributed by atoms with Gasteiger partial charge < -0.3 is 53.2 Å². The SMILES string of the molecule is C=C1C=CN(C(C)C)C(=O)N1.C=C1CC(C(C)C)C(=O)N1.C=C1CCC(C(C)C)C(=O)N1.C=C1CCC(C(C)C)C(=O)N1.C=C1CCC(C(C)C)C(=O)N1.C=C1CCC(C(C)C)CN1.C=C1NCC(C(C)C)S1.C=C1NCC(C(C)C)S1.CC.CC.CC.CC.CC.CC.CC.CC.CC.CC.CC(C)C.CC(C)C1CCCNC1=O.O=C1CCCN1. The topological polar surface area (TPSA) is 243 Å². The number of carbonyl (C=O) groups excluding carboxylic acids is 7. The number of carbonyl (C=O) groups is 7. The van der Waals surface area contributed by atoms with Gasteiger partial charge in [0.1, 0.15) is 0 Å². The largest absolute Gasteiger partial charge is 0.389 e. The molecule has 8 amide bonds. The van der Waals surface area contributed by atoms with Crippen LogP contribution in [-0.2, 0) is 28.8 Å². The number of amides is 8. The Hall–Kier alpha value is -6.15. The number of allylic oxidation sites excluding steroid dienone is 6. The number of urea groups is 1. The highest BCUT2D eigenvalue weighted by molar-refractivity contribution is 8.04. The molecule has 18 nitrogen and oxygen atoms in total. The minimum absolute atomic E-state index is 0.104. The highest BCUT2D eigenvalue weighted by atomic mass is 32.2. The second kappa shape index (κ2) is 91.1. The molecule has 10 heterocycles. The van der Waals surface area contributed by atoms with Crippen molar-refractivity contribution in [3.05, 3.63) is 109 Å². The monoisotopic (exact) mass is 1760 g/mol. The third-order valence-corrected chi connectivity index (χ3v) is 21.4. The number of piperidine rings is 5. The lowest BCUT2D eigenvalue weighted by atomic mass is 9.87. The van der Waals surface area contributed by atoms with Crippen molar-refractivity contribution < 1.29 is 33.6 Å². The maximum absolute atomic E-state index is 11.3. The lowest BCUT2D eigenvalue weighted by Crippen LogP contribution is -2.42. The summed E-state index contributed by atoms with van der Waals surface area (Å²) in [5.74, 6) is 8.38. The Morgan fingerprint density at radius 2 is 0.631 bits per heavy atom. The smallest absolute Gasteiger partial charge is 0.326 e. The molecule has 8 unspecified atom stereocenters. The van der Waals surface area contributed by atoms with E-state index in [-0.39, 0.29) is 77.1 Å². The molecule has 0 aliphatic carbocycles. The van der Waals surface area contributed by atoms with Crippen LogP contribution < -0.4 is 53.2 Å². The van der Waals surface area contributed by atoms with E-state index in [1.165, 1.54) is 18.5 Å². The Kier molecular flexibility index (Phi) is 104. The summed E-state index contributed by atoms with van der Waals surface area (Å²) in [7, 11) is 0. The van der Waals surface area contributed by atoms with Crippen molar-refractivity contribution in [3.8, 4) is 0 Å². The predicted molar refractivity (Wildman–Crippen MR) is 547 cm³/mol. The quantitative estimate of drug-likeness (QED) is 0.104. The van der Waals surface area contributed by atoms with Crippen molar-refractivity contribution >= 4 is 65.0 Å². The van der Waals surface area contributed by atoms with Crippen LogP contribution in [0.15, 0.2) is 109 Å². The molecule has 0 aromatic carbocycles. The molecule has 722 valence electrons. The minimum atomic E-state index is -0.104. The molecule has 0 saturated carbocycles. The van der Waals surface area contributed by atoms with Crippen LogP contribution in [0, 0.1) is 88.8 Å². The Labute approximate surface area is 766 Å². The average Bonchev–Trinajstić information content (AvgIpc) is 1.65. The number of hydrogen-bond acceptors (Lipinski definition) is 12. The minimum Gasteiger partial charge on any atom is -0.389 e. The first-order valence-corrected chi connectivity index (χ1v) is 49.8. The van der Waals surface area contributed by atoms with Crippen molar-refractivity contribution in [3.63, 3.8) is 0 Å². The summed E-state index contributed by atoms with van der Waals surface area (Å²) in [5.41, 5.74) is 5.33. The third-order valence-electron chi connectivity index (χ3n) is 18.5. The van der Waals surface area contributed by atoms with Gasteiger partial charge in [-0.3, -0.25) is 33.7 Å².